The molecule has 1 aromatic rings. The van der Waals surface area contributed by atoms with Crippen molar-refractivity contribution in [3.63, 3.8) is 0 Å². The van der Waals surface area contributed by atoms with Crippen molar-refractivity contribution in [3.05, 3.63) is 29.3 Å². The van der Waals surface area contributed by atoms with Gasteiger partial charge in [-0.15, -0.1) is 11.8 Å². The summed E-state index contributed by atoms with van der Waals surface area (Å²) in [7, 11) is 1.74. The van der Waals surface area contributed by atoms with E-state index in [1.165, 1.54) is 17.5 Å². The van der Waals surface area contributed by atoms with E-state index in [9.17, 15) is 0 Å². The topological polar surface area (TPSA) is 30.5 Å². The maximum Gasteiger partial charge on any atom is 0.122 e. The molecule has 106 valence electrons. The third-order valence-electron chi connectivity index (χ3n) is 3.18. The highest BCUT2D eigenvalue weighted by molar-refractivity contribution is 7.99. The van der Waals surface area contributed by atoms with Crippen LogP contribution in [0.15, 0.2) is 18.2 Å². The molecule has 3 nitrogen and oxygen atoms in total. The third-order valence-corrected chi connectivity index (χ3v) is 4.40. The van der Waals surface area contributed by atoms with Gasteiger partial charge in [0.25, 0.3) is 0 Å². The van der Waals surface area contributed by atoms with Crippen LogP contribution in [-0.4, -0.2) is 32.1 Å². The highest BCUT2D eigenvalue weighted by Gasteiger charge is 2.19. The molecule has 2 rings (SSSR count). The van der Waals surface area contributed by atoms with Crippen molar-refractivity contribution in [1.82, 2.24) is 5.32 Å². The van der Waals surface area contributed by atoms with Gasteiger partial charge in [-0.1, -0.05) is 13.0 Å². The van der Waals surface area contributed by atoms with E-state index in [4.69, 9.17) is 9.47 Å². The van der Waals surface area contributed by atoms with Gasteiger partial charge in [0.2, 0.25) is 0 Å². The lowest BCUT2D eigenvalue weighted by Gasteiger charge is -2.25. The summed E-state index contributed by atoms with van der Waals surface area (Å²) in [5.41, 5.74) is 2.62. The van der Waals surface area contributed by atoms with Crippen molar-refractivity contribution in [2.45, 2.75) is 30.9 Å². The van der Waals surface area contributed by atoms with Gasteiger partial charge in [0.1, 0.15) is 5.75 Å². The smallest absolute Gasteiger partial charge is 0.122 e. The minimum Gasteiger partial charge on any atom is -0.496 e. The molecule has 19 heavy (non-hydrogen) atoms. The van der Waals surface area contributed by atoms with Gasteiger partial charge in [-0.2, -0.15) is 0 Å². The Morgan fingerprint density at radius 3 is 2.89 bits per heavy atom. The van der Waals surface area contributed by atoms with Crippen molar-refractivity contribution >= 4 is 11.8 Å². The first-order valence-corrected chi connectivity index (χ1v) is 7.94. The first kappa shape index (κ1) is 14.7. The Morgan fingerprint density at radius 2 is 2.26 bits per heavy atom. The Hall–Kier alpha value is -0.710. The van der Waals surface area contributed by atoms with E-state index in [1.54, 1.807) is 7.11 Å². The zero-order valence-corrected chi connectivity index (χ0v) is 12.6. The predicted octanol–water partition coefficient (Wildman–Crippen LogP) is 2.83. The van der Waals surface area contributed by atoms with Crippen LogP contribution in [0.2, 0.25) is 0 Å². The van der Waals surface area contributed by atoms with Gasteiger partial charge in [0.05, 0.1) is 25.6 Å². The number of methoxy groups -OCH3 is 1. The van der Waals surface area contributed by atoms with Crippen molar-refractivity contribution in [1.29, 1.82) is 0 Å². The van der Waals surface area contributed by atoms with Gasteiger partial charge >= 0.3 is 0 Å². The summed E-state index contributed by atoms with van der Waals surface area (Å²) in [6, 6.07) is 6.48. The SMILES string of the molecule is CCCNCc1ccc(OC)c(CSC2COC2)c1. The van der Waals surface area contributed by atoms with Crippen LogP contribution < -0.4 is 10.1 Å². The van der Waals surface area contributed by atoms with Crippen molar-refractivity contribution in [3.8, 4) is 5.75 Å². The van der Waals surface area contributed by atoms with Crippen LogP contribution in [-0.2, 0) is 17.0 Å². The second-order valence-corrected chi connectivity index (χ2v) is 6.08. The lowest BCUT2D eigenvalue weighted by atomic mass is 10.1. The summed E-state index contributed by atoms with van der Waals surface area (Å²) in [5, 5.41) is 4.09. The van der Waals surface area contributed by atoms with Crippen LogP contribution in [0.4, 0.5) is 0 Å². The maximum atomic E-state index is 5.44. The largest absolute Gasteiger partial charge is 0.496 e. The number of hydrogen-bond donors (Lipinski definition) is 1. The van der Waals surface area contributed by atoms with E-state index < -0.39 is 0 Å². The molecule has 1 aromatic carbocycles. The summed E-state index contributed by atoms with van der Waals surface area (Å²) >= 11 is 1.96. The van der Waals surface area contributed by atoms with Crippen LogP contribution in [0.3, 0.4) is 0 Å². The Morgan fingerprint density at radius 1 is 1.42 bits per heavy atom. The second kappa shape index (κ2) is 7.78. The van der Waals surface area contributed by atoms with Crippen molar-refractivity contribution in [2.75, 3.05) is 26.9 Å². The average Bonchev–Trinajstić information content (AvgIpc) is 2.37. The van der Waals surface area contributed by atoms with E-state index in [2.05, 4.69) is 30.4 Å². The Bertz CT molecular complexity index is 394. The molecular weight excluding hydrogens is 258 g/mol. The monoisotopic (exact) mass is 281 g/mol. The fraction of sp³-hybridized carbons (Fsp3) is 0.600. The zero-order valence-electron chi connectivity index (χ0n) is 11.8. The fourth-order valence-electron chi connectivity index (χ4n) is 1.98. The van der Waals surface area contributed by atoms with Gasteiger partial charge in [0, 0.05) is 17.9 Å². The Labute approximate surface area is 120 Å². The van der Waals surface area contributed by atoms with E-state index >= 15 is 0 Å². The van der Waals surface area contributed by atoms with Gasteiger partial charge in [-0.3, -0.25) is 0 Å². The second-order valence-electron chi connectivity index (χ2n) is 4.79. The molecule has 0 radical (unpaired) electrons. The van der Waals surface area contributed by atoms with Crippen molar-refractivity contribution in [2.24, 2.45) is 0 Å². The number of benzene rings is 1. The minimum absolute atomic E-state index is 0.659. The normalized spacial score (nSPS) is 15.3. The van der Waals surface area contributed by atoms with Crippen LogP contribution in [0.5, 0.6) is 5.75 Å². The molecule has 0 atom stereocenters. The number of nitrogens with one attached hydrogen (secondary N) is 1. The highest BCUT2D eigenvalue weighted by atomic mass is 32.2. The van der Waals surface area contributed by atoms with Gasteiger partial charge in [0.15, 0.2) is 0 Å². The quantitative estimate of drug-likeness (QED) is 0.742. The number of hydrogen-bond acceptors (Lipinski definition) is 4. The van der Waals surface area contributed by atoms with Gasteiger partial charge in [-0.05, 0) is 30.7 Å². The molecule has 1 fully saturated rings. The summed E-state index contributed by atoms with van der Waals surface area (Å²) in [4.78, 5) is 0. The van der Waals surface area contributed by atoms with Gasteiger partial charge in [-0.25, -0.2) is 0 Å². The van der Waals surface area contributed by atoms with Gasteiger partial charge < -0.3 is 14.8 Å². The molecule has 1 aliphatic rings. The molecule has 0 unspecified atom stereocenters. The first-order valence-electron chi connectivity index (χ1n) is 6.89. The van der Waals surface area contributed by atoms with E-state index in [-0.39, 0.29) is 0 Å². The number of rotatable bonds is 8. The molecule has 0 amide bonds. The molecule has 4 heteroatoms. The molecule has 1 aliphatic heterocycles. The molecule has 0 spiro atoms. The molecule has 0 aliphatic carbocycles. The Balaban J connectivity index is 1.94. The van der Waals surface area contributed by atoms with E-state index in [0.29, 0.717) is 5.25 Å². The molecule has 0 saturated carbocycles. The van der Waals surface area contributed by atoms with Crippen LogP contribution in [0.25, 0.3) is 0 Å². The molecule has 0 bridgehead atoms. The van der Waals surface area contributed by atoms with Crippen molar-refractivity contribution < 1.29 is 9.47 Å². The highest BCUT2D eigenvalue weighted by Crippen LogP contribution is 2.29. The minimum atomic E-state index is 0.659. The summed E-state index contributed by atoms with van der Waals surface area (Å²) in [5.74, 6) is 1.99. The van der Waals surface area contributed by atoms with E-state index in [1.807, 2.05) is 11.8 Å². The summed E-state index contributed by atoms with van der Waals surface area (Å²) in [6.07, 6.45) is 1.17. The average molecular weight is 281 g/mol. The molecule has 1 N–H and O–H groups in total. The standard InChI is InChI=1S/C15H23NO2S/c1-3-6-16-8-12-4-5-15(17-2)13(7-12)11-19-14-9-18-10-14/h4-5,7,14,16H,3,6,8-11H2,1-2H3. The molecule has 0 aromatic heterocycles. The number of thioether (sulfide) groups is 1. The van der Waals surface area contributed by atoms with Crippen LogP contribution in [0.1, 0.15) is 24.5 Å². The fourth-order valence-corrected chi connectivity index (χ4v) is 3.01. The lowest BCUT2D eigenvalue weighted by Crippen LogP contribution is -2.30. The zero-order chi connectivity index (χ0) is 13.5. The Kier molecular flexibility index (Phi) is 6.01. The predicted molar refractivity (Wildman–Crippen MR) is 80.9 cm³/mol. The molecular formula is C15H23NO2S. The molecule has 1 saturated heterocycles. The first-order chi connectivity index (χ1) is 9.33. The molecule has 1 heterocycles. The third kappa shape index (κ3) is 4.41. The van der Waals surface area contributed by atoms with Crippen LogP contribution >= 0.6 is 11.8 Å². The van der Waals surface area contributed by atoms with Crippen LogP contribution in [0, 0.1) is 0 Å². The summed E-state index contributed by atoms with van der Waals surface area (Å²) < 4.78 is 10.7. The summed E-state index contributed by atoms with van der Waals surface area (Å²) in [6.45, 7) is 5.97. The van der Waals surface area contributed by atoms with E-state index in [0.717, 1.165) is 37.8 Å². The number of ether oxygens (including phenoxy) is 2. The lowest BCUT2D eigenvalue weighted by molar-refractivity contribution is 0.0455. The maximum absolute atomic E-state index is 5.44.